The van der Waals surface area contributed by atoms with Crippen LogP contribution in [0.4, 0.5) is 0 Å². The molecule has 1 N–H and O–H groups in total. The van der Waals surface area contributed by atoms with Crippen LogP contribution in [0.5, 0.6) is 0 Å². The number of aromatic nitrogens is 6. The van der Waals surface area contributed by atoms with Crippen LogP contribution < -0.4 is 5.56 Å². The summed E-state index contributed by atoms with van der Waals surface area (Å²) in [7, 11) is 0. The average molecular weight is 304 g/mol. The first kappa shape index (κ1) is 13.3. The molecular weight excluding hydrogens is 292 g/mol. The van der Waals surface area contributed by atoms with Crippen molar-refractivity contribution in [3.8, 4) is 17.1 Å². The summed E-state index contributed by atoms with van der Waals surface area (Å²) in [6.45, 7) is 2.04. The van der Waals surface area contributed by atoms with Crippen LogP contribution in [0.25, 0.3) is 28.1 Å². The summed E-state index contributed by atoms with van der Waals surface area (Å²) in [4.78, 5) is 18.4. The molecule has 23 heavy (non-hydrogen) atoms. The van der Waals surface area contributed by atoms with Gasteiger partial charge in [0.05, 0.1) is 18.2 Å². The van der Waals surface area contributed by atoms with Gasteiger partial charge in [0.1, 0.15) is 5.39 Å². The first-order chi connectivity index (χ1) is 11.2. The molecule has 0 unspecified atom stereocenters. The first-order valence-corrected chi connectivity index (χ1v) is 7.05. The molecule has 0 aliphatic heterocycles. The molecule has 0 amide bonds. The highest BCUT2D eigenvalue weighted by Gasteiger charge is 2.10. The van der Waals surface area contributed by atoms with Gasteiger partial charge in [0.25, 0.3) is 5.56 Å². The van der Waals surface area contributed by atoms with Gasteiger partial charge in [-0.3, -0.25) is 4.79 Å². The number of rotatable bonds is 2. The van der Waals surface area contributed by atoms with Crippen molar-refractivity contribution in [2.75, 3.05) is 0 Å². The van der Waals surface area contributed by atoms with Gasteiger partial charge in [0.2, 0.25) is 0 Å². The Labute approximate surface area is 130 Å². The Bertz CT molecular complexity index is 1030. The summed E-state index contributed by atoms with van der Waals surface area (Å²) in [6.07, 6.45) is 2.81. The highest BCUT2D eigenvalue weighted by molar-refractivity contribution is 5.74. The topological polar surface area (TPSA) is 89.4 Å². The number of fused-ring (bicyclic) bond motifs is 1. The van der Waals surface area contributed by atoms with Crippen LogP contribution in [0.15, 0.2) is 53.7 Å². The molecule has 0 bridgehead atoms. The zero-order valence-corrected chi connectivity index (χ0v) is 12.3. The van der Waals surface area contributed by atoms with E-state index < -0.39 is 0 Å². The number of benzene rings is 1. The van der Waals surface area contributed by atoms with Gasteiger partial charge in [-0.1, -0.05) is 29.8 Å². The SMILES string of the molecule is Cc1ccc(-c2ccc(-n3ncc4c(=O)[nH]cnc43)nn2)cc1. The number of H-pyrrole nitrogens is 1. The van der Waals surface area contributed by atoms with Gasteiger partial charge in [0, 0.05) is 5.56 Å². The minimum Gasteiger partial charge on any atom is -0.312 e. The summed E-state index contributed by atoms with van der Waals surface area (Å²) >= 11 is 0. The van der Waals surface area contributed by atoms with Gasteiger partial charge in [0.15, 0.2) is 11.5 Å². The molecule has 0 aliphatic carbocycles. The highest BCUT2D eigenvalue weighted by Crippen LogP contribution is 2.18. The average Bonchev–Trinajstić information content (AvgIpc) is 3.01. The normalized spacial score (nSPS) is 11.0. The Kier molecular flexibility index (Phi) is 2.97. The summed E-state index contributed by atoms with van der Waals surface area (Å²) in [5.41, 5.74) is 3.18. The molecule has 112 valence electrons. The van der Waals surface area contributed by atoms with Gasteiger partial charge in [-0.05, 0) is 19.1 Å². The van der Waals surface area contributed by atoms with E-state index in [1.165, 1.54) is 22.8 Å². The summed E-state index contributed by atoms with van der Waals surface area (Å²) < 4.78 is 1.50. The number of aryl methyl sites for hydroxylation is 1. The van der Waals surface area contributed by atoms with Crippen LogP contribution in [-0.4, -0.2) is 29.9 Å². The minimum absolute atomic E-state index is 0.231. The van der Waals surface area contributed by atoms with Crippen LogP contribution in [0, 0.1) is 6.92 Å². The molecule has 1 aromatic carbocycles. The Morgan fingerprint density at radius 1 is 1.04 bits per heavy atom. The maximum absolute atomic E-state index is 11.7. The smallest absolute Gasteiger partial charge is 0.261 e. The molecule has 4 rings (SSSR count). The number of nitrogens with one attached hydrogen (secondary N) is 1. The zero-order chi connectivity index (χ0) is 15.8. The highest BCUT2D eigenvalue weighted by atomic mass is 16.1. The summed E-state index contributed by atoms with van der Waals surface area (Å²) in [5.74, 6) is 0.508. The summed E-state index contributed by atoms with van der Waals surface area (Å²) in [6, 6.07) is 11.7. The molecule has 0 fully saturated rings. The molecule has 7 nitrogen and oxygen atoms in total. The third-order valence-electron chi connectivity index (χ3n) is 3.59. The van der Waals surface area contributed by atoms with Gasteiger partial charge < -0.3 is 4.98 Å². The van der Waals surface area contributed by atoms with E-state index in [9.17, 15) is 4.79 Å². The zero-order valence-electron chi connectivity index (χ0n) is 12.3. The van der Waals surface area contributed by atoms with E-state index in [0.717, 1.165) is 11.3 Å². The van der Waals surface area contributed by atoms with E-state index in [1.54, 1.807) is 6.07 Å². The van der Waals surface area contributed by atoms with Crippen molar-refractivity contribution in [1.29, 1.82) is 0 Å². The van der Waals surface area contributed by atoms with E-state index in [0.29, 0.717) is 16.9 Å². The molecule has 3 aromatic heterocycles. The van der Waals surface area contributed by atoms with E-state index in [4.69, 9.17) is 0 Å². The molecule has 0 spiro atoms. The molecule has 0 saturated carbocycles. The third kappa shape index (κ3) is 2.28. The van der Waals surface area contributed by atoms with Crippen molar-refractivity contribution >= 4 is 11.0 Å². The number of hydrogen-bond acceptors (Lipinski definition) is 5. The monoisotopic (exact) mass is 304 g/mol. The Morgan fingerprint density at radius 2 is 1.87 bits per heavy atom. The number of nitrogens with zero attached hydrogens (tertiary/aromatic N) is 5. The van der Waals surface area contributed by atoms with Gasteiger partial charge in [-0.2, -0.15) is 9.78 Å². The Hall–Kier alpha value is -3.35. The van der Waals surface area contributed by atoms with E-state index >= 15 is 0 Å². The maximum atomic E-state index is 11.7. The lowest BCUT2D eigenvalue weighted by Gasteiger charge is -2.03. The van der Waals surface area contributed by atoms with Crippen molar-refractivity contribution in [3.63, 3.8) is 0 Å². The molecule has 7 heteroatoms. The second-order valence-corrected chi connectivity index (χ2v) is 5.17. The van der Waals surface area contributed by atoms with Crippen LogP contribution in [0.2, 0.25) is 0 Å². The first-order valence-electron chi connectivity index (χ1n) is 7.05. The van der Waals surface area contributed by atoms with E-state index in [1.807, 2.05) is 37.3 Å². The third-order valence-corrected chi connectivity index (χ3v) is 3.59. The van der Waals surface area contributed by atoms with E-state index in [2.05, 4.69) is 25.3 Å². The summed E-state index contributed by atoms with van der Waals surface area (Å²) in [5, 5.41) is 13.0. The molecule has 3 heterocycles. The quantitative estimate of drug-likeness (QED) is 0.610. The molecular formula is C16H12N6O. The molecule has 0 aliphatic rings. The van der Waals surface area contributed by atoms with Crippen LogP contribution >= 0.6 is 0 Å². The number of hydrogen-bond donors (Lipinski definition) is 1. The van der Waals surface area contributed by atoms with Gasteiger partial charge >= 0.3 is 0 Å². The minimum atomic E-state index is -0.231. The van der Waals surface area contributed by atoms with Crippen LogP contribution in [0.3, 0.4) is 0 Å². The van der Waals surface area contributed by atoms with Crippen molar-refractivity contribution in [3.05, 3.63) is 64.8 Å². The Morgan fingerprint density at radius 3 is 2.61 bits per heavy atom. The lowest BCUT2D eigenvalue weighted by atomic mass is 10.1. The molecule has 0 atom stereocenters. The largest absolute Gasteiger partial charge is 0.312 e. The second kappa shape index (κ2) is 5.13. The van der Waals surface area contributed by atoms with Crippen molar-refractivity contribution in [2.24, 2.45) is 0 Å². The molecule has 0 saturated heterocycles. The van der Waals surface area contributed by atoms with E-state index in [-0.39, 0.29) is 5.56 Å². The van der Waals surface area contributed by atoms with Crippen molar-refractivity contribution in [2.45, 2.75) is 6.92 Å². The number of aromatic amines is 1. The predicted molar refractivity (Wildman–Crippen MR) is 85.2 cm³/mol. The van der Waals surface area contributed by atoms with Gasteiger partial charge in [-0.25, -0.2) is 4.98 Å². The van der Waals surface area contributed by atoms with Gasteiger partial charge in [-0.15, -0.1) is 10.2 Å². The fraction of sp³-hybridized carbons (Fsp3) is 0.0625. The van der Waals surface area contributed by atoms with Crippen molar-refractivity contribution in [1.82, 2.24) is 29.9 Å². The molecule has 0 radical (unpaired) electrons. The standard InChI is InChI=1S/C16H12N6O/c1-10-2-4-11(5-3-10)13-6-7-14(21-20-13)22-15-12(8-19-22)16(23)18-9-17-15/h2-9H,1H3,(H,17,18,23). The second-order valence-electron chi connectivity index (χ2n) is 5.17. The fourth-order valence-corrected chi connectivity index (χ4v) is 2.34. The maximum Gasteiger partial charge on any atom is 0.261 e. The van der Waals surface area contributed by atoms with Crippen LogP contribution in [0.1, 0.15) is 5.56 Å². The molecule has 4 aromatic rings. The fourth-order valence-electron chi connectivity index (χ4n) is 2.34. The lowest BCUT2D eigenvalue weighted by Crippen LogP contribution is -2.07. The lowest BCUT2D eigenvalue weighted by molar-refractivity contribution is 0.828. The predicted octanol–water partition coefficient (Wildman–Crippen LogP) is 1.87. The van der Waals surface area contributed by atoms with Crippen molar-refractivity contribution < 1.29 is 0 Å². The van der Waals surface area contributed by atoms with Crippen LogP contribution in [-0.2, 0) is 0 Å². The Balaban J connectivity index is 1.77.